The third kappa shape index (κ3) is 3.80. The molecule has 0 aromatic carbocycles. The maximum absolute atomic E-state index is 10.9. The first kappa shape index (κ1) is 12.5. The van der Waals surface area contributed by atoms with E-state index in [0.717, 1.165) is 18.1 Å². The number of rotatable bonds is 5. The largest absolute Gasteiger partial charge is 0.466 e. The van der Waals surface area contributed by atoms with Gasteiger partial charge in [0.2, 0.25) is 0 Å². The second kappa shape index (κ2) is 5.47. The van der Waals surface area contributed by atoms with Crippen LogP contribution in [0.5, 0.6) is 0 Å². The lowest BCUT2D eigenvalue weighted by atomic mass is 10.1. The zero-order valence-electron chi connectivity index (χ0n) is 9.79. The average Bonchev–Trinajstić information content (AvgIpc) is 2.44. The van der Waals surface area contributed by atoms with Gasteiger partial charge in [0.15, 0.2) is 0 Å². The van der Waals surface area contributed by atoms with Gasteiger partial charge in [0.1, 0.15) is 11.5 Å². The van der Waals surface area contributed by atoms with Crippen molar-refractivity contribution in [2.75, 3.05) is 18.6 Å². The first-order chi connectivity index (χ1) is 7.00. The summed E-state index contributed by atoms with van der Waals surface area (Å²) in [6.07, 6.45) is 1.72. The van der Waals surface area contributed by atoms with Crippen molar-refractivity contribution >= 4 is 10.8 Å². The lowest BCUT2D eigenvalue weighted by molar-refractivity contribution is 0.492. The number of hydrogen-bond donors (Lipinski definition) is 1. The minimum absolute atomic E-state index is 0.256. The molecule has 2 atom stereocenters. The van der Waals surface area contributed by atoms with Crippen molar-refractivity contribution in [2.24, 2.45) is 0 Å². The number of hydrogen-bond acceptors (Lipinski definition) is 3. The average molecular weight is 229 g/mol. The maximum atomic E-state index is 10.9. The van der Waals surface area contributed by atoms with Crippen molar-refractivity contribution in [1.82, 2.24) is 5.32 Å². The van der Waals surface area contributed by atoms with Gasteiger partial charge in [-0.1, -0.05) is 0 Å². The molecular formula is C11H19NO2S. The van der Waals surface area contributed by atoms with Crippen LogP contribution in [0.15, 0.2) is 10.5 Å². The summed E-state index contributed by atoms with van der Waals surface area (Å²) in [6.45, 7) is 6.78. The quantitative estimate of drug-likeness (QED) is 0.839. The zero-order chi connectivity index (χ0) is 11.4. The van der Waals surface area contributed by atoms with Gasteiger partial charge >= 0.3 is 0 Å². The summed E-state index contributed by atoms with van der Waals surface area (Å²) in [5.41, 5.74) is 1.19. The summed E-state index contributed by atoms with van der Waals surface area (Å²) in [5.74, 6) is 2.60. The van der Waals surface area contributed by atoms with Gasteiger partial charge in [0.05, 0.1) is 0 Å². The van der Waals surface area contributed by atoms with Crippen molar-refractivity contribution < 1.29 is 8.63 Å². The van der Waals surface area contributed by atoms with E-state index in [1.54, 1.807) is 6.26 Å². The summed E-state index contributed by atoms with van der Waals surface area (Å²) in [7, 11) is -0.724. The minimum atomic E-state index is -0.724. The molecule has 4 heteroatoms. The van der Waals surface area contributed by atoms with Crippen molar-refractivity contribution in [3.05, 3.63) is 23.2 Å². The van der Waals surface area contributed by atoms with E-state index >= 15 is 0 Å². The van der Waals surface area contributed by atoms with Gasteiger partial charge in [0, 0.05) is 41.0 Å². The molecule has 2 unspecified atom stereocenters. The van der Waals surface area contributed by atoms with Crippen LogP contribution in [-0.4, -0.2) is 22.8 Å². The predicted molar refractivity (Wildman–Crippen MR) is 63.5 cm³/mol. The molecule has 1 aromatic rings. The fraction of sp³-hybridized carbons (Fsp3) is 0.636. The summed E-state index contributed by atoms with van der Waals surface area (Å²) < 4.78 is 16.3. The Labute approximate surface area is 93.7 Å². The van der Waals surface area contributed by atoms with E-state index in [9.17, 15) is 4.21 Å². The van der Waals surface area contributed by atoms with Crippen LogP contribution < -0.4 is 5.32 Å². The van der Waals surface area contributed by atoms with Crippen LogP contribution in [0.4, 0.5) is 0 Å². The molecule has 0 radical (unpaired) electrons. The molecular weight excluding hydrogens is 210 g/mol. The van der Waals surface area contributed by atoms with Gasteiger partial charge in [-0.05, 0) is 26.8 Å². The van der Waals surface area contributed by atoms with Crippen molar-refractivity contribution in [1.29, 1.82) is 0 Å². The SMILES string of the molecule is Cc1cc(C(C)NCCS(C)=O)c(C)o1. The molecule has 0 amide bonds. The highest BCUT2D eigenvalue weighted by atomic mass is 32.2. The molecule has 86 valence electrons. The molecule has 0 aliphatic rings. The molecule has 1 N–H and O–H groups in total. The highest BCUT2D eigenvalue weighted by Crippen LogP contribution is 2.20. The molecule has 0 saturated carbocycles. The Kier molecular flexibility index (Phi) is 4.54. The Morgan fingerprint density at radius 2 is 2.20 bits per heavy atom. The Balaban J connectivity index is 2.50. The fourth-order valence-electron chi connectivity index (χ4n) is 1.61. The first-order valence-electron chi connectivity index (χ1n) is 5.11. The van der Waals surface area contributed by atoms with Crippen LogP contribution in [0.3, 0.4) is 0 Å². The first-order valence-corrected chi connectivity index (χ1v) is 6.83. The Hall–Kier alpha value is -0.610. The second-order valence-corrected chi connectivity index (χ2v) is 5.38. The predicted octanol–water partition coefficient (Wildman–Crippen LogP) is 1.93. The van der Waals surface area contributed by atoms with Gasteiger partial charge in [0.25, 0.3) is 0 Å². The summed E-state index contributed by atoms with van der Waals surface area (Å²) in [4.78, 5) is 0. The monoisotopic (exact) mass is 229 g/mol. The van der Waals surface area contributed by atoms with Gasteiger partial charge in [-0.25, -0.2) is 0 Å². The third-order valence-electron chi connectivity index (χ3n) is 2.39. The Bertz CT molecular complexity index is 346. The second-order valence-electron chi connectivity index (χ2n) is 3.82. The van der Waals surface area contributed by atoms with E-state index in [0.29, 0.717) is 5.75 Å². The zero-order valence-corrected chi connectivity index (χ0v) is 10.6. The van der Waals surface area contributed by atoms with E-state index in [-0.39, 0.29) is 6.04 Å². The van der Waals surface area contributed by atoms with Crippen molar-refractivity contribution in [2.45, 2.75) is 26.8 Å². The van der Waals surface area contributed by atoms with E-state index in [4.69, 9.17) is 4.42 Å². The molecule has 3 nitrogen and oxygen atoms in total. The minimum Gasteiger partial charge on any atom is -0.466 e. The van der Waals surface area contributed by atoms with E-state index in [2.05, 4.69) is 18.3 Å². The molecule has 0 aliphatic carbocycles. The lowest BCUT2D eigenvalue weighted by Gasteiger charge is -2.12. The number of aryl methyl sites for hydroxylation is 2. The van der Waals surface area contributed by atoms with Gasteiger partial charge in [-0.3, -0.25) is 4.21 Å². The van der Waals surface area contributed by atoms with Crippen LogP contribution >= 0.6 is 0 Å². The van der Waals surface area contributed by atoms with E-state index in [1.165, 1.54) is 5.56 Å². The maximum Gasteiger partial charge on any atom is 0.105 e. The van der Waals surface area contributed by atoms with Gasteiger partial charge in [-0.2, -0.15) is 0 Å². The summed E-state index contributed by atoms with van der Waals surface area (Å²) >= 11 is 0. The molecule has 0 aliphatic heterocycles. The van der Waals surface area contributed by atoms with Crippen LogP contribution in [0.2, 0.25) is 0 Å². The van der Waals surface area contributed by atoms with Crippen LogP contribution in [0.1, 0.15) is 30.0 Å². The summed E-state index contributed by atoms with van der Waals surface area (Å²) in [5, 5.41) is 3.33. The topological polar surface area (TPSA) is 42.2 Å². The fourth-order valence-corrected chi connectivity index (χ4v) is 2.01. The van der Waals surface area contributed by atoms with Crippen LogP contribution in [-0.2, 0) is 10.8 Å². The van der Waals surface area contributed by atoms with Crippen LogP contribution in [0.25, 0.3) is 0 Å². The molecule has 0 bridgehead atoms. The molecule has 0 spiro atoms. The number of nitrogens with one attached hydrogen (secondary N) is 1. The smallest absolute Gasteiger partial charge is 0.105 e. The van der Waals surface area contributed by atoms with E-state index < -0.39 is 10.8 Å². The van der Waals surface area contributed by atoms with Crippen LogP contribution in [0, 0.1) is 13.8 Å². The summed E-state index contributed by atoms with van der Waals surface area (Å²) in [6, 6.07) is 2.31. The third-order valence-corrected chi connectivity index (χ3v) is 3.16. The lowest BCUT2D eigenvalue weighted by Crippen LogP contribution is -2.23. The molecule has 0 fully saturated rings. The number of furan rings is 1. The molecule has 1 heterocycles. The van der Waals surface area contributed by atoms with E-state index in [1.807, 2.05) is 13.8 Å². The molecule has 1 aromatic heterocycles. The highest BCUT2D eigenvalue weighted by Gasteiger charge is 2.11. The standard InChI is InChI=1S/C11H19NO2S/c1-8-7-11(10(3)14-8)9(2)12-5-6-15(4)13/h7,9,12H,5-6H2,1-4H3. The van der Waals surface area contributed by atoms with Gasteiger partial charge in [-0.15, -0.1) is 0 Å². The molecule has 0 saturated heterocycles. The normalized spacial score (nSPS) is 15.2. The molecule has 15 heavy (non-hydrogen) atoms. The van der Waals surface area contributed by atoms with Crippen molar-refractivity contribution in [3.8, 4) is 0 Å². The Morgan fingerprint density at radius 1 is 1.53 bits per heavy atom. The Morgan fingerprint density at radius 3 is 2.67 bits per heavy atom. The molecule has 1 rings (SSSR count). The highest BCUT2D eigenvalue weighted by molar-refractivity contribution is 7.84. The van der Waals surface area contributed by atoms with Gasteiger partial charge < -0.3 is 9.73 Å². The van der Waals surface area contributed by atoms with Crippen molar-refractivity contribution in [3.63, 3.8) is 0 Å².